The highest BCUT2D eigenvalue weighted by Gasteiger charge is 2.42. The summed E-state index contributed by atoms with van der Waals surface area (Å²) < 4.78 is 5.24. The third kappa shape index (κ3) is 2.66. The smallest absolute Gasteiger partial charge is 0.346 e. The van der Waals surface area contributed by atoms with Crippen LogP contribution in [0.5, 0.6) is 0 Å². The number of hydrogen-bond acceptors (Lipinski definition) is 7. The highest BCUT2D eigenvalue weighted by molar-refractivity contribution is 5.60. The molecule has 8 nitrogen and oxygen atoms in total. The number of rotatable bonds is 4. The Hall–Kier alpha value is -1.74. The first-order valence-electron chi connectivity index (χ1n) is 5.67. The molecule has 0 saturated carbocycles. The number of hydrogen-bond donors (Lipinski definition) is 5. The molecule has 4 atom stereocenters. The van der Waals surface area contributed by atoms with Crippen LogP contribution in [-0.4, -0.2) is 56.4 Å². The minimum Gasteiger partial charge on any atom is -0.394 e. The zero-order chi connectivity index (χ0) is 14.0. The van der Waals surface area contributed by atoms with Crippen LogP contribution in [0.25, 0.3) is 6.08 Å². The second-order valence-electron chi connectivity index (χ2n) is 4.13. The normalized spacial score (nSPS) is 30.3. The Balaban J connectivity index is 2.20. The number of aliphatic hydroxyl groups is 3. The van der Waals surface area contributed by atoms with Gasteiger partial charge in [0, 0.05) is 11.8 Å². The molecule has 8 heteroatoms. The van der Waals surface area contributed by atoms with Gasteiger partial charge in [0.15, 0.2) is 6.23 Å². The van der Waals surface area contributed by atoms with Gasteiger partial charge >= 0.3 is 5.69 Å². The average Bonchev–Trinajstić information content (AvgIpc) is 2.67. The Morgan fingerprint density at radius 2 is 2.26 bits per heavy atom. The lowest BCUT2D eigenvalue weighted by atomic mass is 10.1. The van der Waals surface area contributed by atoms with Crippen molar-refractivity contribution >= 4 is 11.9 Å². The van der Waals surface area contributed by atoms with Crippen LogP contribution < -0.4 is 11.0 Å². The van der Waals surface area contributed by atoms with E-state index in [1.807, 2.05) is 0 Å². The Morgan fingerprint density at radius 3 is 2.84 bits per heavy atom. The summed E-state index contributed by atoms with van der Waals surface area (Å²) in [5, 5.41) is 31.1. The minimum atomic E-state index is -1.23. The van der Waals surface area contributed by atoms with Gasteiger partial charge < -0.3 is 25.4 Å². The van der Waals surface area contributed by atoms with Gasteiger partial charge in [-0.1, -0.05) is 12.7 Å². The average molecular weight is 269 g/mol. The lowest BCUT2D eigenvalue weighted by Crippen LogP contribution is -2.37. The number of aliphatic hydroxyl groups excluding tert-OH is 3. The van der Waals surface area contributed by atoms with Crippen molar-refractivity contribution in [3.63, 3.8) is 0 Å². The number of nitrogens with one attached hydrogen (secondary N) is 2. The van der Waals surface area contributed by atoms with Gasteiger partial charge in [-0.2, -0.15) is 0 Å². The number of H-pyrrole nitrogens is 1. The molecular formula is C11H15N3O5. The van der Waals surface area contributed by atoms with E-state index in [2.05, 4.69) is 21.9 Å². The molecule has 0 unspecified atom stereocenters. The fourth-order valence-corrected chi connectivity index (χ4v) is 1.84. The molecule has 2 heterocycles. The molecule has 0 aliphatic carbocycles. The van der Waals surface area contributed by atoms with E-state index in [0.29, 0.717) is 5.56 Å². The van der Waals surface area contributed by atoms with Crippen molar-refractivity contribution in [2.45, 2.75) is 24.5 Å². The summed E-state index contributed by atoms with van der Waals surface area (Å²) in [7, 11) is 0. The van der Waals surface area contributed by atoms with E-state index in [0.717, 1.165) is 0 Å². The monoisotopic (exact) mass is 269 g/mol. The van der Waals surface area contributed by atoms with Crippen LogP contribution in [0, 0.1) is 0 Å². The molecule has 1 saturated heterocycles. The molecule has 104 valence electrons. The lowest BCUT2D eigenvalue weighted by Gasteiger charge is -2.18. The first-order chi connectivity index (χ1) is 9.06. The van der Waals surface area contributed by atoms with Crippen LogP contribution >= 0.6 is 0 Å². The molecule has 1 aliphatic heterocycles. The molecule has 0 spiro atoms. The van der Waals surface area contributed by atoms with Gasteiger partial charge in [-0.3, -0.25) is 4.98 Å². The van der Waals surface area contributed by atoms with E-state index in [1.165, 1.54) is 12.3 Å². The quantitative estimate of drug-likeness (QED) is 0.439. The molecule has 1 fully saturated rings. The first-order valence-corrected chi connectivity index (χ1v) is 5.67. The van der Waals surface area contributed by atoms with Crippen molar-refractivity contribution in [3.8, 4) is 0 Å². The van der Waals surface area contributed by atoms with Crippen molar-refractivity contribution in [2.24, 2.45) is 0 Å². The molecule has 0 radical (unpaired) electrons. The zero-order valence-electron chi connectivity index (χ0n) is 9.98. The van der Waals surface area contributed by atoms with E-state index >= 15 is 0 Å². The van der Waals surface area contributed by atoms with Crippen molar-refractivity contribution in [1.82, 2.24) is 9.97 Å². The van der Waals surface area contributed by atoms with Crippen LogP contribution in [0.15, 0.2) is 17.6 Å². The fraction of sp³-hybridized carbons (Fsp3) is 0.455. The SMILES string of the molecule is C=Cc1cnc(=O)[nH]c1N[C@@H]1O[C@H](CO)[C@H](O)[C@H]1O. The number of aromatic amines is 1. The van der Waals surface area contributed by atoms with Crippen molar-refractivity contribution in [2.75, 3.05) is 11.9 Å². The summed E-state index contributed by atoms with van der Waals surface area (Å²) in [6, 6.07) is 0. The van der Waals surface area contributed by atoms with E-state index in [-0.39, 0.29) is 5.82 Å². The van der Waals surface area contributed by atoms with Crippen LogP contribution in [0.1, 0.15) is 5.56 Å². The van der Waals surface area contributed by atoms with Crippen molar-refractivity contribution < 1.29 is 20.1 Å². The number of aromatic nitrogens is 2. The van der Waals surface area contributed by atoms with Crippen LogP contribution in [0.3, 0.4) is 0 Å². The van der Waals surface area contributed by atoms with Crippen LogP contribution in [0.2, 0.25) is 0 Å². The molecule has 19 heavy (non-hydrogen) atoms. The second kappa shape index (κ2) is 5.49. The third-order valence-corrected chi connectivity index (χ3v) is 2.89. The zero-order valence-corrected chi connectivity index (χ0v) is 9.98. The van der Waals surface area contributed by atoms with Crippen molar-refractivity contribution in [3.05, 3.63) is 28.8 Å². The van der Waals surface area contributed by atoms with E-state index in [1.54, 1.807) is 0 Å². The lowest BCUT2D eigenvalue weighted by molar-refractivity contribution is -0.0154. The molecule has 1 aromatic rings. The molecular weight excluding hydrogens is 254 g/mol. The predicted octanol–water partition coefficient (Wildman–Crippen LogP) is -1.74. The van der Waals surface area contributed by atoms with E-state index < -0.39 is 36.8 Å². The van der Waals surface area contributed by atoms with Gasteiger partial charge in [0.1, 0.15) is 24.1 Å². The minimum absolute atomic E-state index is 0.268. The Bertz CT molecular complexity index is 517. The topological polar surface area (TPSA) is 128 Å². The summed E-state index contributed by atoms with van der Waals surface area (Å²) in [6.07, 6.45) is -1.49. The van der Waals surface area contributed by atoms with Gasteiger partial charge in [-0.15, -0.1) is 0 Å². The van der Waals surface area contributed by atoms with Gasteiger partial charge in [0.25, 0.3) is 0 Å². The van der Waals surface area contributed by atoms with Gasteiger partial charge in [0.2, 0.25) is 0 Å². The summed E-state index contributed by atoms with van der Waals surface area (Å²) in [4.78, 5) is 17.1. The maximum atomic E-state index is 11.2. The third-order valence-electron chi connectivity index (χ3n) is 2.89. The number of ether oxygens (including phenoxy) is 1. The predicted molar refractivity (Wildman–Crippen MR) is 66.3 cm³/mol. The Morgan fingerprint density at radius 1 is 1.53 bits per heavy atom. The van der Waals surface area contributed by atoms with E-state index in [4.69, 9.17) is 9.84 Å². The van der Waals surface area contributed by atoms with Gasteiger partial charge in [0.05, 0.1) is 6.61 Å². The Kier molecular flexibility index (Phi) is 3.96. The highest BCUT2D eigenvalue weighted by Crippen LogP contribution is 2.23. The maximum Gasteiger partial charge on any atom is 0.346 e. The second-order valence-corrected chi connectivity index (χ2v) is 4.13. The summed E-state index contributed by atoms with van der Waals surface area (Å²) >= 11 is 0. The summed E-state index contributed by atoms with van der Waals surface area (Å²) in [5.41, 5.74) is -0.0582. The number of nitrogens with zero attached hydrogens (tertiary/aromatic N) is 1. The summed E-state index contributed by atoms with van der Waals surface area (Å²) in [6.45, 7) is 3.15. The molecule has 5 N–H and O–H groups in total. The highest BCUT2D eigenvalue weighted by atomic mass is 16.6. The molecule has 0 aromatic carbocycles. The molecule has 1 aromatic heterocycles. The van der Waals surface area contributed by atoms with Gasteiger partial charge in [-0.05, 0) is 0 Å². The fourth-order valence-electron chi connectivity index (χ4n) is 1.84. The number of anilines is 1. The van der Waals surface area contributed by atoms with E-state index in [9.17, 15) is 15.0 Å². The first kappa shape index (κ1) is 13.7. The standard InChI is InChI=1S/C11H15N3O5/c1-2-5-3-12-11(18)14-9(5)13-10-8(17)7(16)6(4-15)19-10/h2-3,6-8,10,15-17H,1,4H2,(H2,12,13,14,18)/t6-,7+,8-,10-/m1/s1. The van der Waals surface area contributed by atoms with Crippen molar-refractivity contribution in [1.29, 1.82) is 0 Å². The summed E-state index contributed by atoms with van der Waals surface area (Å²) in [5.74, 6) is 0.268. The molecule has 0 bridgehead atoms. The largest absolute Gasteiger partial charge is 0.394 e. The molecule has 0 amide bonds. The van der Waals surface area contributed by atoms with Crippen LogP contribution in [0.4, 0.5) is 5.82 Å². The van der Waals surface area contributed by atoms with Crippen LogP contribution in [-0.2, 0) is 4.74 Å². The molecule has 1 aliphatic rings. The van der Waals surface area contributed by atoms with Gasteiger partial charge in [-0.25, -0.2) is 9.78 Å². The molecule has 2 rings (SSSR count). The Labute approximate surface area is 108 Å². The maximum absolute atomic E-state index is 11.2.